The van der Waals surface area contributed by atoms with Crippen molar-refractivity contribution in [2.24, 2.45) is 22.9 Å². The van der Waals surface area contributed by atoms with Gasteiger partial charge in [0.1, 0.15) is 24.1 Å². The van der Waals surface area contributed by atoms with Crippen molar-refractivity contribution < 1.29 is 39.2 Å². The van der Waals surface area contributed by atoms with E-state index < -0.39 is 23.8 Å². The first kappa shape index (κ1) is 34.8. The fourth-order valence-electron chi connectivity index (χ4n) is 7.62. The van der Waals surface area contributed by atoms with Gasteiger partial charge in [-0.25, -0.2) is 4.79 Å². The number of benzene rings is 1. The number of nitrogens with zero attached hydrogens (tertiary/aromatic N) is 2. The number of unbranched alkanes of at least 4 members (excludes halogenated alkanes) is 2. The lowest BCUT2D eigenvalue weighted by Gasteiger charge is -2.59. The van der Waals surface area contributed by atoms with Crippen molar-refractivity contribution in [2.75, 3.05) is 39.6 Å². The molecule has 6 unspecified atom stereocenters. The number of phenols is 1. The number of hydrogen-bond acceptors (Lipinski definition) is 9. The number of oxime groups is 1. The Bertz CT molecular complexity index is 1200. The van der Waals surface area contributed by atoms with E-state index in [0.29, 0.717) is 44.6 Å². The zero-order valence-electron chi connectivity index (χ0n) is 27.2. The van der Waals surface area contributed by atoms with Gasteiger partial charge in [-0.3, -0.25) is 4.90 Å². The molecule has 1 aliphatic heterocycles. The maximum Gasteiger partial charge on any atom is 0.410 e. The van der Waals surface area contributed by atoms with Gasteiger partial charge in [-0.15, -0.1) is 6.58 Å². The first-order valence-corrected chi connectivity index (χ1v) is 16.7. The van der Waals surface area contributed by atoms with Crippen LogP contribution < -0.4 is 4.74 Å². The van der Waals surface area contributed by atoms with E-state index >= 15 is 0 Å². The molecule has 4 rings (SSSR count). The number of rotatable bonds is 17. The second-order valence-electron chi connectivity index (χ2n) is 12.1. The minimum absolute atomic E-state index is 0.106. The highest BCUT2D eigenvalue weighted by Crippen LogP contribution is 2.61. The normalized spacial score (nSPS) is 27.5. The number of amides is 1. The maximum absolute atomic E-state index is 13.6. The molecule has 1 fully saturated rings. The Morgan fingerprint density at radius 1 is 1.13 bits per heavy atom. The number of carbonyl (C=O) groups is 1. The van der Waals surface area contributed by atoms with Gasteiger partial charge in [0.05, 0.1) is 24.8 Å². The molecule has 1 saturated carbocycles. The van der Waals surface area contributed by atoms with Gasteiger partial charge in [0, 0.05) is 37.7 Å². The molecule has 1 heterocycles. The Hall–Kier alpha value is -3.08. The number of aliphatic hydroxyl groups excluding tert-OH is 2. The number of aromatic hydroxyl groups is 1. The molecule has 0 aromatic heterocycles. The SMILES string of the molecule is C=CCOC12Oc3ccc(O)cc3C3C(CCCCO)C(CCCCO)C=C(C(=NOCC)CC1N(CCC)C(=O)OCC)C32. The Morgan fingerprint density at radius 3 is 2.56 bits per heavy atom. The molecule has 0 radical (unpaired) electrons. The molecule has 10 heteroatoms. The highest BCUT2D eigenvalue weighted by molar-refractivity contribution is 6.02. The minimum atomic E-state index is -1.31. The van der Waals surface area contributed by atoms with E-state index in [-0.39, 0.29) is 49.9 Å². The second-order valence-corrected chi connectivity index (χ2v) is 12.1. The summed E-state index contributed by atoms with van der Waals surface area (Å²) in [5.74, 6) is -0.876. The summed E-state index contributed by atoms with van der Waals surface area (Å²) in [6, 6.07) is 4.60. The summed E-state index contributed by atoms with van der Waals surface area (Å²) in [5, 5.41) is 34.7. The number of aliphatic hydroxyl groups is 2. The zero-order chi connectivity index (χ0) is 32.4. The molecule has 0 bridgehead atoms. The standard InChI is InChI=1S/C35H52N2O8/c1-5-17-37(34(41)42-7-3)31-23-29(36-44-8-4)27-21-24(13-9-11-18-38)26(14-10-12-19-39)32-28-22-25(40)15-16-30(28)45-35(31,33(27)32)43-20-6-2/h6,15-16,21-22,24,26,31-33,38-40H,2,5,7-14,17-20,23H2,1,3-4H3. The van der Waals surface area contributed by atoms with Crippen LogP contribution in [0.1, 0.15) is 83.6 Å². The third-order valence-corrected chi connectivity index (χ3v) is 9.30. The molecule has 3 N–H and O–H groups in total. The number of carbonyl (C=O) groups excluding carboxylic acids is 1. The molecule has 45 heavy (non-hydrogen) atoms. The lowest BCUT2D eigenvalue weighted by Crippen LogP contribution is -2.70. The lowest BCUT2D eigenvalue weighted by atomic mass is 9.55. The Morgan fingerprint density at radius 2 is 1.89 bits per heavy atom. The van der Waals surface area contributed by atoms with Crippen LogP contribution in [0.4, 0.5) is 4.79 Å². The third-order valence-electron chi connectivity index (χ3n) is 9.30. The summed E-state index contributed by atoms with van der Waals surface area (Å²) in [5.41, 5.74) is 2.60. The second kappa shape index (κ2) is 16.5. The van der Waals surface area contributed by atoms with E-state index in [1.54, 1.807) is 36.1 Å². The molecule has 0 saturated heterocycles. The van der Waals surface area contributed by atoms with E-state index in [0.717, 1.165) is 42.5 Å². The van der Waals surface area contributed by atoms with E-state index in [2.05, 4.69) is 17.8 Å². The van der Waals surface area contributed by atoms with Crippen molar-refractivity contribution >= 4 is 11.8 Å². The molecule has 250 valence electrons. The van der Waals surface area contributed by atoms with Crippen LogP contribution in [0.5, 0.6) is 11.5 Å². The number of fused-ring (bicyclic) bond motifs is 2. The van der Waals surface area contributed by atoms with Crippen molar-refractivity contribution in [3.63, 3.8) is 0 Å². The van der Waals surface area contributed by atoms with Crippen molar-refractivity contribution in [2.45, 2.75) is 89.9 Å². The van der Waals surface area contributed by atoms with Gasteiger partial charge in [-0.2, -0.15) is 0 Å². The van der Waals surface area contributed by atoms with E-state index in [1.165, 1.54) is 0 Å². The predicted octanol–water partition coefficient (Wildman–Crippen LogP) is 5.91. The zero-order valence-corrected chi connectivity index (χ0v) is 27.2. The molecule has 6 atom stereocenters. The Kier molecular flexibility index (Phi) is 12.7. The van der Waals surface area contributed by atoms with E-state index in [1.807, 2.05) is 13.8 Å². The minimum Gasteiger partial charge on any atom is -0.508 e. The fourth-order valence-corrected chi connectivity index (χ4v) is 7.62. The first-order chi connectivity index (χ1) is 21.9. The van der Waals surface area contributed by atoms with Crippen LogP contribution in [0.3, 0.4) is 0 Å². The van der Waals surface area contributed by atoms with Gasteiger partial charge in [-0.1, -0.05) is 37.1 Å². The average molecular weight is 629 g/mol. The molecule has 1 aromatic carbocycles. The van der Waals surface area contributed by atoms with Gasteiger partial charge in [0.15, 0.2) is 0 Å². The quantitative estimate of drug-likeness (QED) is 0.110. The Labute approximate surface area is 267 Å². The summed E-state index contributed by atoms with van der Waals surface area (Å²) in [4.78, 5) is 21.0. The fraction of sp³-hybridized carbons (Fsp3) is 0.657. The topological polar surface area (TPSA) is 130 Å². The number of allylic oxidation sites excluding steroid dienone is 1. The first-order valence-electron chi connectivity index (χ1n) is 16.7. The predicted molar refractivity (Wildman–Crippen MR) is 172 cm³/mol. The maximum atomic E-state index is 13.6. The lowest BCUT2D eigenvalue weighted by molar-refractivity contribution is -0.255. The average Bonchev–Trinajstić information content (AvgIpc) is 3.03. The van der Waals surface area contributed by atoms with Crippen LogP contribution in [0, 0.1) is 17.8 Å². The molecular weight excluding hydrogens is 576 g/mol. The Balaban J connectivity index is 2.02. The van der Waals surface area contributed by atoms with Crippen LogP contribution in [0.15, 0.2) is 47.7 Å². The van der Waals surface area contributed by atoms with Crippen LogP contribution in [0.2, 0.25) is 0 Å². The van der Waals surface area contributed by atoms with Crippen LogP contribution >= 0.6 is 0 Å². The van der Waals surface area contributed by atoms with Gasteiger partial charge >= 0.3 is 6.09 Å². The highest BCUT2D eigenvalue weighted by atomic mass is 16.7. The molecule has 1 amide bonds. The van der Waals surface area contributed by atoms with Gasteiger partial charge in [0.2, 0.25) is 5.79 Å². The van der Waals surface area contributed by atoms with Crippen LogP contribution in [-0.2, 0) is 14.3 Å². The summed E-state index contributed by atoms with van der Waals surface area (Å²) in [7, 11) is 0. The van der Waals surface area contributed by atoms with Gasteiger partial charge in [0.25, 0.3) is 0 Å². The third kappa shape index (κ3) is 7.34. The summed E-state index contributed by atoms with van der Waals surface area (Å²) >= 11 is 0. The van der Waals surface area contributed by atoms with Crippen molar-refractivity contribution in [1.82, 2.24) is 4.90 Å². The van der Waals surface area contributed by atoms with Crippen LogP contribution in [-0.4, -0.2) is 83.4 Å². The van der Waals surface area contributed by atoms with Crippen molar-refractivity contribution in [3.05, 3.63) is 48.1 Å². The molecule has 1 aromatic rings. The van der Waals surface area contributed by atoms with E-state index in [9.17, 15) is 20.1 Å². The van der Waals surface area contributed by atoms with Gasteiger partial charge < -0.3 is 34.4 Å². The molecule has 2 aliphatic carbocycles. The summed E-state index contributed by atoms with van der Waals surface area (Å²) < 4.78 is 19.4. The van der Waals surface area contributed by atoms with E-state index in [4.69, 9.17) is 19.0 Å². The number of ether oxygens (including phenoxy) is 3. The molecule has 10 nitrogen and oxygen atoms in total. The number of phenolic OH excluding ortho intramolecular Hbond substituents is 1. The summed E-state index contributed by atoms with van der Waals surface area (Å²) in [6.45, 7) is 11.1. The monoisotopic (exact) mass is 628 g/mol. The number of hydrogen-bond donors (Lipinski definition) is 3. The van der Waals surface area contributed by atoms with Gasteiger partial charge in [-0.05, 0) is 81.6 Å². The summed E-state index contributed by atoms with van der Waals surface area (Å²) in [6.07, 6.45) is 9.35. The largest absolute Gasteiger partial charge is 0.508 e. The molecule has 0 spiro atoms. The molecule has 3 aliphatic rings. The highest BCUT2D eigenvalue weighted by Gasteiger charge is 2.65. The van der Waals surface area contributed by atoms with Crippen LogP contribution in [0.25, 0.3) is 0 Å². The smallest absolute Gasteiger partial charge is 0.410 e. The molecular formula is C35H52N2O8. The van der Waals surface area contributed by atoms with Crippen molar-refractivity contribution in [1.29, 1.82) is 0 Å². The van der Waals surface area contributed by atoms with Crippen molar-refractivity contribution in [3.8, 4) is 11.5 Å².